The molecule has 9 nitrogen and oxygen atoms in total. The van der Waals surface area contributed by atoms with Gasteiger partial charge in [0.05, 0.1) is 17.9 Å². The van der Waals surface area contributed by atoms with Crippen LogP contribution in [0, 0.1) is 13.8 Å². The molecule has 0 aliphatic carbocycles. The Morgan fingerprint density at radius 3 is 2.46 bits per heavy atom. The van der Waals surface area contributed by atoms with Gasteiger partial charge >= 0.3 is 0 Å². The van der Waals surface area contributed by atoms with E-state index in [-0.39, 0.29) is 36.0 Å². The van der Waals surface area contributed by atoms with Crippen molar-refractivity contribution >= 4 is 22.8 Å². The lowest BCUT2D eigenvalue weighted by Gasteiger charge is -2.35. The molecule has 0 bridgehead atoms. The van der Waals surface area contributed by atoms with Gasteiger partial charge in [-0.05, 0) is 57.4 Å². The number of nitrogens with zero attached hydrogens (tertiary/aromatic N) is 3. The van der Waals surface area contributed by atoms with Gasteiger partial charge in [0.25, 0.3) is 11.5 Å². The average Bonchev–Trinajstić information content (AvgIpc) is 3.09. The number of carbonyl (C=O) groups excluding carboxylic acids is 2. The van der Waals surface area contributed by atoms with Gasteiger partial charge in [0.15, 0.2) is 0 Å². The minimum atomic E-state index is -0.185. The van der Waals surface area contributed by atoms with E-state index in [0.717, 1.165) is 22.2 Å². The molecule has 35 heavy (non-hydrogen) atoms. The van der Waals surface area contributed by atoms with E-state index >= 15 is 0 Å². The first-order chi connectivity index (χ1) is 16.6. The zero-order chi connectivity index (χ0) is 25.3. The molecule has 2 atom stereocenters. The standard InChI is InChI=1S/C26H33N5O4/c1-15-13-31(14-16(2)35-15)26(34)20-8-6-19(7-9-20)12-27-22(32)11-10-21-17(3)23-18(4)29-30(5)24(23)28-25(21)33/h6-9,15-16H,10-14H2,1-5H3,(H,27,32)(H,28,33). The number of aromatic nitrogens is 3. The molecule has 0 saturated carbocycles. The molecule has 4 rings (SSSR count). The topological polar surface area (TPSA) is 109 Å². The van der Waals surface area contributed by atoms with Crippen molar-refractivity contribution in [2.75, 3.05) is 13.1 Å². The molecule has 1 aliphatic heterocycles. The number of amides is 2. The maximum absolute atomic E-state index is 12.8. The van der Waals surface area contributed by atoms with E-state index in [0.29, 0.717) is 42.8 Å². The van der Waals surface area contributed by atoms with E-state index in [9.17, 15) is 14.4 Å². The van der Waals surface area contributed by atoms with Gasteiger partial charge in [-0.25, -0.2) is 0 Å². The lowest BCUT2D eigenvalue weighted by molar-refractivity contribution is -0.121. The molecule has 1 aliphatic rings. The Morgan fingerprint density at radius 2 is 1.80 bits per heavy atom. The highest BCUT2D eigenvalue weighted by atomic mass is 16.5. The van der Waals surface area contributed by atoms with Crippen LogP contribution < -0.4 is 10.9 Å². The molecular weight excluding hydrogens is 446 g/mol. The highest BCUT2D eigenvalue weighted by molar-refractivity contribution is 5.94. The third-order valence-electron chi connectivity index (χ3n) is 6.56. The van der Waals surface area contributed by atoms with Crippen molar-refractivity contribution in [3.05, 3.63) is 62.6 Å². The van der Waals surface area contributed by atoms with Gasteiger partial charge in [0, 0.05) is 49.6 Å². The first kappa shape index (κ1) is 24.7. The fourth-order valence-electron chi connectivity index (χ4n) is 4.87. The van der Waals surface area contributed by atoms with Gasteiger partial charge in [-0.1, -0.05) is 12.1 Å². The van der Waals surface area contributed by atoms with Crippen LogP contribution in [0.25, 0.3) is 11.0 Å². The zero-order valence-corrected chi connectivity index (χ0v) is 21.0. The number of ether oxygens (including phenoxy) is 1. The lowest BCUT2D eigenvalue weighted by Crippen LogP contribution is -2.48. The summed E-state index contributed by atoms with van der Waals surface area (Å²) in [6.07, 6.45) is 0.596. The van der Waals surface area contributed by atoms with Gasteiger partial charge in [-0.2, -0.15) is 5.10 Å². The molecule has 0 radical (unpaired) electrons. The number of fused-ring (bicyclic) bond motifs is 1. The molecule has 0 spiro atoms. The molecule has 3 heterocycles. The molecule has 186 valence electrons. The molecule has 1 aromatic carbocycles. The summed E-state index contributed by atoms with van der Waals surface area (Å²) in [7, 11) is 1.80. The smallest absolute Gasteiger partial charge is 0.254 e. The van der Waals surface area contributed by atoms with Crippen LogP contribution >= 0.6 is 0 Å². The number of morpholine rings is 1. The number of pyridine rings is 1. The van der Waals surface area contributed by atoms with E-state index in [4.69, 9.17) is 4.74 Å². The number of rotatable bonds is 6. The normalized spacial score (nSPS) is 18.1. The second kappa shape index (κ2) is 10.0. The Morgan fingerprint density at radius 1 is 1.14 bits per heavy atom. The second-order valence-corrected chi connectivity index (χ2v) is 9.43. The minimum absolute atomic E-state index is 0.0102. The first-order valence-electron chi connectivity index (χ1n) is 12.0. The first-order valence-corrected chi connectivity index (χ1v) is 12.0. The number of benzene rings is 1. The Hall–Kier alpha value is -3.46. The highest BCUT2D eigenvalue weighted by Crippen LogP contribution is 2.21. The number of hydrogen-bond acceptors (Lipinski definition) is 5. The quantitative estimate of drug-likeness (QED) is 0.564. The van der Waals surface area contributed by atoms with Crippen LogP contribution in [-0.4, -0.2) is 56.8 Å². The van der Waals surface area contributed by atoms with Crippen molar-refractivity contribution in [2.24, 2.45) is 7.05 Å². The molecule has 2 N–H and O–H groups in total. The molecular formula is C26H33N5O4. The van der Waals surface area contributed by atoms with Gasteiger partial charge in [-0.15, -0.1) is 0 Å². The van der Waals surface area contributed by atoms with Crippen LogP contribution in [0.2, 0.25) is 0 Å². The van der Waals surface area contributed by atoms with Crippen LogP contribution in [-0.2, 0) is 29.5 Å². The van der Waals surface area contributed by atoms with Gasteiger partial charge < -0.3 is 19.9 Å². The monoisotopic (exact) mass is 479 g/mol. The molecule has 1 saturated heterocycles. The van der Waals surface area contributed by atoms with Crippen LogP contribution in [0.4, 0.5) is 0 Å². The Kier molecular flexibility index (Phi) is 7.07. The van der Waals surface area contributed by atoms with E-state index in [1.165, 1.54) is 0 Å². The summed E-state index contributed by atoms with van der Waals surface area (Å²) in [6.45, 7) is 9.27. The molecule has 2 amide bonds. The number of nitrogens with one attached hydrogen (secondary N) is 2. The van der Waals surface area contributed by atoms with Crippen molar-refractivity contribution in [2.45, 2.75) is 59.3 Å². The van der Waals surface area contributed by atoms with Crippen LogP contribution in [0.3, 0.4) is 0 Å². The Labute approximate surface area is 204 Å². The van der Waals surface area contributed by atoms with Gasteiger partial charge in [0.1, 0.15) is 5.65 Å². The Bertz CT molecular complexity index is 1300. The predicted molar refractivity (Wildman–Crippen MR) is 133 cm³/mol. The summed E-state index contributed by atoms with van der Waals surface area (Å²) < 4.78 is 7.37. The number of carbonyl (C=O) groups is 2. The van der Waals surface area contributed by atoms with Gasteiger partial charge in [-0.3, -0.25) is 19.1 Å². The maximum Gasteiger partial charge on any atom is 0.254 e. The van der Waals surface area contributed by atoms with Crippen molar-refractivity contribution in [3.63, 3.8) is 0 Å². The molecule has 2 aromatic heterocycles. The van der Waals surface area contributed by atoms with Crippen molar-refractivity contribution in [3.8, 4) is 0 Å². The van der Waals surface area contributed by atoms with Crippen molar-refractivity contribution in [1.82, 2.24) is 25.0 Å². The molecule has 2 unspecified atom stereocenters. The minimum Gasteiger partial charge on any atom is -0.372 e. The molecule has 9 heteroatoms. The number of aromatic amines is 1. The summed E-state index contributed by atoms with van der Waals surface area (Å²) in [5, 5.41) is 8.21. The average molecular weight is 480 g/mol. The zero-order valence-electron chi connectivity index (χ0n) is 21.0. The predicted octanol–water partition coefficient (Wildman–Crippen LogP) is 2.38. The van der Waals surface area contributed by atoms with Crippen molar-refractivity contribution in [1.29, 1.82) is 0 Å². The van der Waals surface area contributed by atoms with E-state index in [1.807, 2.05) is 44.7 Å². The fraction of sp³-hybridized carbons (Fsp3) is 0.462. The Balaban J connectivity index is 1.33. The summed E-state index contributed by atoms with van der Waals surface area (Å²) in [5.41, 5.74) is 4.36. The maximum atomic E-state index is 12.8. The van der Waals surface area contributed by atoms with Crippen molar-refractivity contribution < 1.29 is 14.3 Å². The molecule has 3 aromatic rings. The third kappa shape index (κ3) is 5.30. The van der Waals surface area contributed by atoms with Crippen LogP contribution in [0.1, 0.15) is 53.0 Å². The summed E-state index contributed by atoms with van der Waals surface area (Å²) in [4.78, 5) is 42.6. The second-order valence-electron chi connectivity index (χ2n) is 9.43. The van der Waals surface area contributed by atoms with E-state index < -0.39 is 0 Å². The highest BCUT2D eigenvalue weighted by Gasteiger charge is 2.26. The fourth-order valence-corrected chi connectivity index (χ4v) is 4.87. The number of hydrogen-bond donors (Lipinski definition) is 2. The van der Waals surface area contributed by atoms with Gasteiger partial charge in [0.2, 0.25) is 5.91 Å². The largest absolute Gasteiger partial charge is 0.372 e. The summed E-state index contributed by atoms with van der Waals surface area (Å²) in [5.74, 6) is -0.146. The van der Waals surface area contributed by atoms with E-state index in [2.05, 4.69) is 15.4 Å². The summed E-state index contributed by atoms with van der Waals surface area (Å²) >= 11 is 0. The lowest BCUT2D eigenvalue weighted by atomic mass is 10.0. The van der Waals surface area contributed by atoms with Crippen LogP contribution in [0.15, 0.2) is 29.1 Å². The number of H-pyrrole nitrogens is 1. The number of aryl methyl sites for hydroxylation is 3. The SMILES string of the molecule is Cc1nn(C)c2[nH]c(=O)c(CCC(=O)NCc3ccc(C(=O)N4CC(C)OC(C)C4)cc3)c(C)c12. The van der Waals surface area contributed by atoms with E-state index in [1.54, 1.807) is 23.9 Å². The van der Waals surface area contributed by atoms with Crippen LogP contribution in [0.5, 0.6) is 0 Å². The third-order valence-corrected chi connectivity index (χ3v) is 6.56. The molecule has 1 fully saturated rings. The summed E-state index contributed by atoms with van der Waals surface area (Å²) in [6, 6.07) is 7.30.